The number of hydrogen-bond donors (Lipinski definition) is 3. The van der Waals surface area contributed by atoms with Crippen molar-refractivity contribution in [1.29, 1.82) is 0 Å². The van der Waals surface area contributed by atoms with Crippen LogP contribution in [0, 0.1) is 13.8 Å². The highest BCUT2D eigenvalue weighted by atomic mass is 32.2. The zero-order chi connectivity index (χ0) is 15.4. The van der Waals surface area contributed by atoms with E-state index in [4.69, 9.17) is 11.5 Å². The monoisotopic (exact) mass is 303 g/mol. The number of amides is 1. The van der Waals surface area contributed by atoms with Crippen LogP contribution in [0.25, 0.3) is 0 Å². The third-order valence-electron chi connectivity index (χ3n) is 2.58. The molecular weight excluding hydrogens is 286 g/mol. The van der Waals surface area contributed by atoms with Crippen molar-refractivity contribution in [2.45, 2.75) is 19.0 Å². The zero-order valence-electron chi connectivity index (χ0n) is 11.9. The van der Waals surface area contributed by atoms with Gasteiger partial charge >= 0.3 is 0 Å². The van der Waals surface area contributed by atoms with Crippen LogP contribution in [-0.4, -0.2) is 21.6 Å². The van der Waals surface area contributed by atoms with Crippen LogP contribution in [0.15, 0.2) is 29.4 Å². The second kappa shape index (κ2) is 6.45. The van der Waals surface area contributed by atoms with E-state index >= 15 is 0 Å². The number of nitrogen functional groups attached to an aromatic ring is 2. The number of anilines is 3. The molecule has 0 aliphatic heterocycles. The number of nitrogens with zero attached hydrogens (tertiary/aromatic N) is 2. The Morgan fingerprint density at radius 1 is 1.10 bits per heavy atom. The predicted octanol–water partition coefficient (Wildman–Crippen LogP) is 1.99. The normalized spacial score (nSPS) is 10.4. The number of rotatable bonds is 4. The molecule has 0 radical (unpaired) electrons. The summed E-state index contributed by atoms with van der Waals surface area (Å²) in [4.78, 5) is 19.9. The highest BCUT2D eigenvalue weighted by Crippen LogP contribution is 2.18. The van der Waals surface area contributed by atoms with Crippen LogP contribution in [-0.2, 0) is 4.79 Å². The van der Waals surface area contributed by atoms with Gasteiger partial charge in [0, 0.05) is 11.8 Å². The summed E-state index contributed by atoms with van der Waals surface area (Å²) < 4.78 is 0. The Morgan fingerprint density at radius 3 is 2.24 bits per heavy atom. The lowest BCUT2D eigenvalue weighted by Crippen LogP contribution is -2.14. The van der Waals surface area contributed by atoms with Crippen molar-refractivity contribution in [3.63, 3.8) is 0 Å². The maximum absolute atomic E-state index is 11.9. The first-order chi connectivity index (χ1) is 9.92. The van der Waals surface area contributed by atoms with Gasteiger partial charge in [-0.05, 0) is 37.1 Å². The van der Waals surface area contributed by atoms with E-state index in [0.29, 0.717) is 16.8 Å². The van der Waals surface area contributed by atoms with Gasteiger partial charge in [-0.15, -0.1) is 0 Å². The molecule has 6 nitrogen and oxygen atoms in total. The number of aromatic nitrogens is 2. The molecule has 7 heteroatoms. The van der Waals surface area contributed by atoms with Gasteiger partial charge in [0.1, 0.15) is 11.6 Å². The molecule has 1 aromatic heterocycles. The average Bonchev–Trinajstić information content (AvgIpc) is 2.34. The third kappa shape index (κ3) is 4.64. The summed E-state index contributed by atoms with van der Waals surface area (Å²) in [5, 5.41) is 3.24. The molecule has 0 aliphatic carbocycles. The summed E-state index contributed by atoms with van der Waals surface area (Å²) >= 11 is 1.19. The molecule has 0 unspecified atom stereocenters. The first-order valence-corrected chi connectivity index (χ1v) is 7.32. The summed E-state index contributed by atoms with van der Waals surface area (Å²) in [6, 6.07) is 7.36. The fourth-order valence-corrected chi connectivity index (χ4v) is 2.57. The number of carbonyl (C=O) groups is 1. The Bertz CT molecular complexity index is 634. The number of hydrogen-bond acceptors (Lipinski definition) is 6. The molecule has 0 atom stereocenters. The number of thioether (sulfide) groups is 1. The van der Waals surface area contributed by atoms with Crippen LogP contribution in [0.3, 0.4) is 0 Å². The Morgan fingerprint density at radius 2 is 1.67 bits per heavy atom. The van der Waals surface area contributed by atoms with Crippen LogP contribution in [0.4, 0.5) is 17.3 Å². The van der Waals surface area contributed by atoms with E-state index in [2.05, 4.69) is 15.3 Å². The second-order valence-electron chi connectivity index (χ2n) is 4.71. The molecule has 5 N–H and O–H groups in total. The number of nitrogens with two attached hydrogens (primary N) is 2. The van der Waals surface area contributed by atoms with Gasteiger partial charge in [-0.3, -0.25) is 4.79 Å². The molecule has 2 aromatic rings. The molecule has 1 heterocycles. The van der Waals surface area contributed by atoms with Gasteiger partial charge in [0.05, 0.1) is 5.75 Å². The van der Waals surface area contributed by atoms with E-state index < -0.39 is 0 Å². The van der Waals surface area contributed by atoms with Gasteiger partial charge in [-0.1, -0.05) is 17.8 Å². The van der Waals surface area contributed by atoms with Crippen molar-refractivity contribution < 1.29 is 4.79 Å². The lowest BCUT2D eigenvalue weighted by Gasteiger charge is -2.07. The summed E-state index contributed by atoms with van der Waals surface area (Å²) in [6.07, 6.45) is 0. The van der Waals surface area contributed by atoms with Crippen molar-refractivity contribution in [1.82, 2.24) is 9.97 Å². The third-order valence-corrected chi connectivity index (χ3v) is 3.43. The Kier molecular flexibility index (Phi) is 4.64. The average molecular weight is 303 g/mol. The fraction of sp³-hybridized carbons (Fsp3) is 0.214. The molecule has 21 heavy (non-hydrogen) atoms. The molecule has 0 spiro atoms. The van der Waals surface area contributed by atoms with E-state index in [1.165, 1.54) is 17.8 Å². The molecule has 0 bridgehead atoms. The zero-order valence-corrected chi connectivity index (χ0v) is 12.7. The largest absolute Gasteiger partial charge is 0.383 e. The quantitative estimate of drug-likeness (QED) is 0.589. The molecule has 0 fully saturated rings. The number of nitrogens with one attached hydrogen (secondary N) is 1. The molecule has 0 saturated carbocycles. The van der Waals surface area contributed by atoms with Gasteiger partial charge in [0.25, 0.3) is 0 Å². The van der Waals surface area contributed by atoms with Crippen molar-refractivity contribution in [2.24, 2.45) is 0 Å². The maximum Gasteiger partial charge on any atom is 0.234 e. The SMILES string of the molecule is Cc1cc(C)cc(NC(=O)CSc2nc(N)cc(N)n2)c1. The standard InChI is InChI=1S/C14H17N5OS/c1-8-3-9(2)5-10(4-8)17-13(20)7-21-14-18-11(15)6-12(16)19-14/h3-6H,7H2,1-2H3,(H,17,20)(H4,15,16,18,19). The smallest absolute Gasteiger partial charge is 0.234 e. The minimum atomic E-state index is -0.130. The van der Waals surface area contributed by atoms with Gasteiger partial charge in [0.15, 0.2) is 5.16 Å². The highest BCUT2D eigenvalue weighted by molar-refractivity contribution is 7.99. The number of carbonyl (C=O) groups excluding carboxylic acids is 1. The Labute approximate surface area is 127 Å². The molecule has 2 rings (SSSR count). The first kappa shape index (κ1) is 15.1. The summed E-state index contributed by atoms with van der Waals surface area (Å²) in [5.74, 6) is 0.643. The molecule has 1 amide bonds. The van der Waals surface area contributed by atoms with E-state index in [9.17, 15) is 4.79 Å². The van der Waals surface area contributed by atoms with Crippen molar-refractivity contribution in [2.75, 3.05) is 22.5 Å². The predicted molar refractivity (Wildman–Crippen MR) is 86.1 cm³/mol. The molecule has 110 valence electrons. The Hall–Kier alpha value is -2.28. The number of benzene rings is 1. The van der Waals surface area contributed by atoms with Crippen molar-refractivity contribution >= 4 is 35.0 Å². The molecule has 0 aliphatic rings. The lowest BCUT2D eigenvalue weighted by atomic mass is 10.1. The van der Waals surface area contributed by atoms with Gasteiger partial charge in [0.2, 0.25) is 5.91 Å². The number of aryl methyl sites for hydroxylation is 2. The molecule has 0 saturated heterocycles. The van der Waals surface area contributed by atoms with Crippen molar-refractivity contribution in [3.05, 3.63) is 35.4 Å². The van der Waals surface area contributed by atoms with Crippen LogP contribution in [0.5, 0.6) is 0 Å². The summed E-state index contributed by atoms with van der Waals surface area (Å²) in [7, 11) is 0. The van der Waals surface area contributed by atoms with Gasteiger partial charge in [-0.25, -0.2) is 9.97 Å². The minimum absolute atomic E-state index is 0.130. The molecular formula is C14H17N5OS. The highest BCUT2D eigenvalue weighted by Gasteiger charge is 2.07. The Balaban J connectivity index is 1.95. The molecule has 1 aromatic carbocycles. The topological polar surface area (TPSA) is 107 Å². The van der Waals surface area contributed by atoms with E-state index in [1.54, 1.807) is 0 Å². The minimum Gasteiger partial charge on any atom is -0.383 e. The summed E-state index contributed by atoms with van der Waals surface area (Å²) in [5.41, 5.74) is 14.1. The fourth-order valence-electron chi connectivity index (χ4n) is 1.90. The van der Waals surface area contributed by atoms with E-state index in [1.807, 2.05) is 32.0 Å². The van der Waals surface area contributed by atoms with Crippen LogP contribution in [0.1, 0.15) is 11.1 Å². The van der Waals surface area contributed by atoms with Crippen LogP contribution in [0.2, 0.25) is 0 Å². The first-order valence-electron chi connectivity index (χ1n) is 6.33. The second-order valence-corrected chi connectivity index (χ2v) is 5.66. The van der Waals surface area contributed by atoms with Crippen LogP contribution < -0.4 is 16.8 Å². The van der Waals surface area contributed by atoms with Crippen molar-refractivity contribution in [3.8, 4) is 0 Å². The van der Waals surface area contributed by atoms with E-state index in [-0.39, 0.29) is 11.7 Å². The maximum atomic E-state index is 11.9. The van der Waals surface area contributed by atoms with E-state index in [0.717, 1.165) is 16.8 Å². The van der Waals surface area contributed by atoms with Gasteiger partial charge in [-0.2, -0.15) is 0 Å². The summed E-state index contributed by atoms with van der Waals surface area (Å²) in [6.45, 7) is 3.97. The van der Waals surface area contributed by atoms with Crippen LogP contribution >= 0.6 is 11.8 Å². The van der Waals surface area contributed by atoms with Gasteiger partial charge < -0.3 is 16.8 Å². The lowest BCUT2D eigenvalue weighted by molar-refractivity contribution is -0.113.